The molecule has 0 aliphatic carbocycles. The van der Waals surface area contributed by atoms with Gasteiger partial charge in [-0.2, -0.15) is 0 Å². The van der Waals surface area contributed by atoms with E-state index in [1.54, 1.807) is 6.07 Å². The Morgan fingerprint density at radius 3 is 2.86 bits per heavy atom. The van der Waals surface area contributed by atoms with E-state index in [1.165, 1.54) is 12.3 Å². The highest BCUT2D eigenvalue weighted by atomic mass is 32.2. The molecule has 1 aromatic rings. The van der Waals surface area contributed by atoms with Crippen LogP contribution in [0.5, 0.6) is 5.75 Å². The summed E-state index contributed by atoms with van der Waals surface area (Å²) in [6, 6.07) is 3.13. The molecule has 0 aliphatic heterocycles. The first-order valence-corrected chi connectivity index (χ1v) is 5.71. The molecule has 0 spiro atoms. The molecule has 0 aliphatic rings. The third-order valence-corrected chi connectivity index (χ3v) is 2.31. The third-order valence-electron chi connectivity index (χ3n) is 1.47. The van der Waals surface area contributed by atoms with Crippen LogP contribution in [0.3, 0.4) is 0 Å². The molecule has 0 saturated carbocycles. The molecule has 0 unspecified atom stereocenters. The number of nitrogens with two attached hydrogens (primary N) is 1. The van der Waals surface area contributed by atoms with E-state index in [0.29, 0.717) is 6.61 Å². The summed E-state index contributed by atoms with van der Waals surface area (Å²) in [4.78, 5) is 3.66. The van der Waals surface area contributed by atoms with Crippen LogP contribution in [0, 0.1) is 0 Å². The number of nitrogens with zero attached hydrogens (tertiary/aromatic N) is 1. The van der Waals surface area contributed by atoms with E-state index in [9.17, 15) is 8.42 Å². The fourth-order valence-electron chi connectivity index (χ4n) is 0.912. The van der Waals surface area contributed by atoms with Gasteiger partial charge in [0.2, 0.25) is 5.03 Å². The Kier molecular flexibility index (Phi) is 3.43. The molecule has 1 heterocycles. The number of aromatic nitrogens is 1. The Morgan fingerprint density at radius 1 is 1.57 bits per heavy atom. The average Bonchev–Trinajstić information content (AvgIpc) is 2.14. The minimum Gasteiger partial charge on any atom is -0.491 e. The Hall–Kier alpha value is -1.14. The zero-order valence-corrected chi connectivity index (χ0v) is 8.62. The smallest absolute Gasteiger partial charge is 0.259 e. The number of sulfonamides is 1. The quantitative estimate of drug-likeness (QED) is 0.795. The van der Waals surface area contributed by atoms with Crippen molar-refractivity contribution in [2.75, 3.05) is 6.61 Å². The van der Waals surface area contributed by atoms with Crippen molar-refractivity contribution in [1.29, 1.82) is 0 Å². The van der Waals surface area contributed by atoms with Gasteiger partial charge in [0.15, 0.2) is 5.75 Å². The van der Waals surface area contributed by atoms with Crippen molar-refractivity contribution < 1.29 is 13.2 Å². The maximum atomic E-state index is 11.1. The second-order valence-electron chi connectivity index (χ2n) is 2.70. The summed E-state index contributed by atoms with van der Waals surface area (Å²) in [7, 11) is -3.80. The minimum absolute atomic E-state index is 0.205. The summed E-state index contributed by atoms with van der Waals surface area (Å²) >= 11 is 0. The van der Waals surface area contributed by atoms with Crippen molar-refractivity contribution in [1.82, 2.24) is 4.98 Å². The normalized spacial score (nSPS) is 11.3. The zero-order valence-electron chi connectivity index (χ0n) is 7.80. The van der Waals surface area contributed by atoms with Gasteiger partial charge < -0.3 is 4.74 Å². The summed E-state index contributed by atoms with van der Waals surface area (Å²) in [6.45, 7) is 2.36. The Balaban J connectivity index is 3.04. The van der Waals surface area contributed by atoms with Crippen LogP contribution in [-0.4, -0.2) is 20.0 Å². The molecule has 1 aromatic heterocycles. The lowest BCUT2D eigenvalue weighted by molar-refractivity contribution is 0.306. The van der Waals surface area contributed by atoms with Crippen LogP contribution >= 0.6 is 0 Å². The molecule has 2 N–H and O–H groups in total. The van der Waals surface area contributed by atoms with E-state index in [0.717, 1.165) is 6.42 Å². The predicted octanol–water partition coefficient (Wildman–Crippen LogP) is 0.518. The number of ether oxygens (including phenoxy) is 1. The van der Waals surface area contributed by atoms with Gasteiger partial charge in [0.1, 0.15) is 0 Å². The maximum Gasteiger partial charge on any atom is 0.259 e. The maximum absolute atomic E-state index is 11.1. The standard InChI is InChI=1S/C8H12N2O3S/c1-2-6-13-7-4-3-5-10-8(7)14(9,11)12/h3-5H,2,6H2,1H3,(H2,9,11,12). The van der Waals surface area contributed by atoms with Crippen molar-refractivity contribution in [3.8, 4) is 5.75 Å². The van der Waals surface area contributed by atoms with Crippen LogP contribution < -0.4 is 9.88 Å². The number of pyridine rings is 1. The number of hydrogen-bond donors (Lipinski definition) is 1. The van der Waals surface area contributed by atoms with Gasteiger partial charge in [0.05, 0.1) is 6.61 Å². The van der Waals surface area contributed by atoms with Crippen molar-refractivity contribution in [2.45, 2.75) is 18.4 Å². The van der Waals surface area contributed by atoms with Crippen molar-refractivity contribution in [3.63, 3.8) is 0 Å². The largest absolute Gasteiger partial charge is 0.491 e. The van der Waals surface area contributed by atoms with Gasteiger partial charge in [-0.1, -0.05) is 6.92 Å². The molecule has 0 aromatic carbocycles. The molecular weight excluding hydrogens is 204 g/mol. The van der Waals surface area contributed by atoms with E-state index in [4.69, 9.17) is 9.88 Å². The van der Waals surface area contributed by atoms with Gasteiger partial charge in [0, 0.05) is 6.20 Å². The summed E-state index contributed by atoms with van der Waals surface area (Å²) < 4.78 is 27.3. The van der Waals surface area contributed by atoms with Gasteiger partial charge in [-0.05, 0) is 18.6 Å². The SMILES string of the molecule is CCCOc1cccnc1S(N)(=O)=O. The lowest BCUT2D eigenvalue weighted by Gasteiger charge is -2.07. The number of primary sulfonamides is 1. The van der Waals surface area contributed by atoms with Crippen molar-refractivity contribution >= 4 is 10.0 Å². The predicted molar refractivity (Wildman–Crippen MR) is 51.4 cm³/mol. The summed E-state index contributed by atoms with van der Waals surface area (Å²) in [5, 5.41) is 4.74. The van der Waals surface area contributed by atoms with E-state index >= 15 is 0 Å². The van der Waals surface area contributed by atoms with Crippen LogP contribution in [0.1, 0.15) is 13.3 Å². The molecule has 0 bridgehead atoms. The van der Waals surface area contributed by atoms with Gasteiger partial charge in [-0.3, -0.25) is 0 Å². The molecule has 0 fully saturated rings. The second kappa shape index (κ2) is 4.39. The van der Waals surface area contributed by atoms with Crippen molar-refractivity contribution in [3.05, 3.63) is 18.3 Å². The van der Waals surface area contributed by atoms with Gasteiger partial charge in [-0.15, -0.1) is 0 Å². The number of rotatable bonds is 4. The van der Waals surface area contributed by atoms with E-state index in [1.807, 2.05) is 6.92 Å². The third kappa shape index (κ3) is 2.68. The van der Waals surface area contributed by atoms with Crippen LogP contribution in [0.4, 0.5) is 0 Å². The molecule has 0 amide bonds. The van der Waals surface area contributed by atoms with E-state index in [2.05, 4.69) is 4.98 Å². The van der Waals surface area contributed by atoms with Crippen LogP contribution in [0.2, 0.25) is 0 Å². The highest BCUT2D eigenvalue weighted by Crippen LogP contribution is 2.18. The van der Waals surface area contributed by atoms with Crippen LogP contribution in [0.25, 0.3) is 0 Å². The van der Waals surface area contributed by atoms with Crippen LogP contribution in [-0.2, 0) is 10.0 Å². The fraction of sp³-hybridized carbons (Fsp3) is 0.375. The zero-order chi connectivity index (χ0) is 10.6. The van der Waals surface area contributed by atoms with E-state index < -0.39 is 10.0 Å². The number of hydrogen-bond acceptors (Lipinski definition) is 4. The first-order chi connectivity index (χ1) is 6.55. The molecular formula is C8H12N2O3S. The molecule has 78 valence electrons. The molecule has 1 rings (SSSR count). The first kappa shape index (κ1) is 10.9. The topological polar surface area (TPSA) is 82.3 Å². The van der Waals surface area contributed by atoms with Crippen LogP contribution in [0.15, 0.2) is 23.4 Å². The average molecular weight is 216 g/mol. The monoisotopic (exact) mass is 216 g/mol. The lowest BCUT2D eigenvalue weighted by atomic mass is 10.4. The molecule has 0 saturated heterocycles. The van der Waals surface area contributed by atoms with Crippen molar-refractivity contribution in [2.24, 2.45) is 5.14 Å². The Bertz CT molecular complexity index is 403. The minimum atomic E-state index is -3.80. The van der Waals surface area contributed by atoms with Gasteiger partial charge in [0.25, 0.3) is 10.0 Å². The highest BCUT2D eigenvalue weighted by molar-refractivity contribution is 7.89. The Labute approximate surface area is 83.0 Å². The summed E-state index contributed by atoms with van der Waals surface area (Å²) in [5.74, 6) is 0.205. The first-order valence-electron chi connectivity index (χ1n) is 4.16. The molecule has 0 radical (unpaired) electrons. The fourth-order valence-corrected chi connectivity index (χ4v) is 1.53. The Morgan fingerprint density at radius 2 is 2.29 bits per heavy atom. The summed E-state index contributed by atoms with van der Waals surface area (Å²) in [5.41, 5.74) is 0. The molecule has 14 heavy (non-hydrogen) atoms. The van der Waals surface area contributed by atoms with Gasteiger partial charge >= 0.3 is 0 Å². The van der Waals surface area contributed by atoms with Gasteiger partial charge in [-0.25, -0.2) is 18.5 Å². The molecule has 6 heteroatoms. The summed E-state index contributed by atoms with van der Waals surface area (Å²) in [6.07, 6.45) is 2.15. The van der Waals surface area contributed by atoms with E-state index in [-0.39, 0.29) is 10.8 Å². The second-order valence-corrected chi connectivity index (χ2v) is 4.18. The lowest BCUT2D eigenvalue weighted by Crippen LogP contribution is -2.15. The molecule has 0 atom stereocenters. The highest BCUT2D eigenvalue weighted by Gasteiger charge is 2.15. The molecule has 5 nitrogen and oxygen atoms in total.